The first-order chi connectivity index (χ1) is 9.72. The lowest BCUT2D eigenvalue weighted by Gasteiger charge is -2.43. The van der Waals surface area contributed by atoms with Crippen LogP contribution in [0.15, 0.2) is 12.3 Å². The summed E-state index contributed by atoms with van der Waals surface area (Å²) in [6.07, 6.45) is 9.29. The van der Waals surface area contributed by atoms with Gasteiger partial charge in [-0.3, -0.25) is 4.68 Å². The van der Waals surface area contributed by atoms with Crippen molar-refractivity contribution in [3.63, 3.8) is 0 Å². The van der Waals surface area contributed by atoms with E-state index in [4.69, 9.17) is 4.74 Å². The van der Waals surface area contributed by atoms with Crippen molar-refractivity contribution in [1.82, 2.24) is 15.1 Å². The Morgan fingerprint density at radius 1 is 1.35 bits per heavy atom. The number of nitrogens with zero attached hydrogens (tertiary/aromatic N) is 2. The third-order valence-electron chi connectivity index (χ3n) is 4.29. The Morgan fingerprint density at radius 3 is 2.65 bits per heavy atom. The summed E-state index contributed by atoms with van der Waals surface area (Å²) in [5.41, 5.74) is 1.05. The molecule has 2 rings (SSSR count). The smallest absolute Gasteiger partial charge is 0.0892 e. The lowest BCUT2D eigenvalue weighted by atomic mass is 9.77. The Hall–Kier alpha value is -0.870. The summed E-state index contributed by atoms with van der Waals surface area (Å²) in [6, 6.07) is 2.34. The number of hydrogen-bond acceptors (Lipinski definition) is 3. The van der Waals surface area contributed by atoms with Crippen molar-refractivity contribution in [2.24, 2.45) is 7.05 Å². The average Bonchev–Trinajstić information content (AvgIpc) is 2.87. The van der Waals surface area contributed by atoms with Crippen molar-refractivity contribution in [3.8, 4) is 0 Å². The number of aryl methyl sites for hydroxylation is 1. The Labute approximate surface area is 122 Å². The molecule has 1 N–H and O–H groups in total. The lowest BCUT2D eigenvalue weighted by Crippen LogP contribution is -2.48. The second-order valence-corrected chi connectivity index (χ2v) is 5.86. The molecule has 0 saturated heterocycles. The van der Waals surface area contributed by atoms with Gasteiger partial charge >= 0.3 is 0 Å². The zero-order chi connectivity index (χ0) is 14.4. The second kappa shape index (κ2) is 7.23. The first kappa shape index (κ1) is 15.5. The molecule has 1 heterocycles. The molecule has 0 amide bonds. The van der Waals surface area contributed by atoms with Gasteiger partial charge in [0.2, 0.25) is 0 Å². The van der Waals surface area contributed by atoms with Crippen molar-refractivity contribution in [2.75, 3.05) is 13.2 Å². The molecular formula is C16H29N3O. The normalized spacial score (nSPS) is 19.9. The van der Waals surface area contributed by atoms with Gasteiger partial charge < -0.3 is 10.1 Å². The van der Waals surface area contributed by atoms with E-state index in [1.165, 1.54) is 19.3 Å². The molecule has 1 unspecified atom stereocenters. The van der Waals surface area contributed by atoms with Crippen LogP contribution in [0.4, 0.5) is 0 Å². The average molecular weight is 279 g/mol. The van der Waals surface area contributed by atoms with Gasteiger partial charge in [-0.05, 0) is 38.8 Å². The van der Waals surface area contributed by atoms with Gasteiger partial charge in [0.15, 0.2) is 0 Å². The molecule has 1 saturated carbocycles. The third kappa shape index (κ3) is 3.41. The molecule has 0 spiro atoms. The Balaban J connectivity index is 2.26. The van der Waals surface area contributed by atoms with Crippen LogP contribution in [0.2, 0.25) is 0 Å². The second-order valence-electron chi connectivity index (χ2n) is 5.86. The highest BCUT2D eigenvalue weighted by molar-refractivity contribution is 5.13. The van der Waals surface area contributed by atoms with E-state index in [0.717, 1.165) is 38.1 Å². The number of ether oxygens (including phenoxy) is 1. The van der Waals surface area contributed by atoms with E-state index in [-0.39, 0.29) is 11.6 Å². The van der Waals surface area contributed by atoms with Crippen molar-refractivity contribution < 1.29 is 4.74 Å². The predicted octanol–water partition coefficient (Wildman–Crippen LogP) is 3.20. The molecule has 1 atom stereocenters. The van der Waals surface area contributed by atoms with E-state index < -0.39 is 0 Å². The molecule has 0 aromatic carbocycles. The minimum atomic E-state index is -0.0729. The molecule has 1 aliphatic carbocycles. The summed E-state index contributed by atoms with van der Waals surface area (Å²) in [5.74, 6) is 0. The minimum absolute atomic E-state index is 0.0729. The molecule has 4 heteroatoms. The maximum atomic E-state index is 6.28. The molecule has 1 aromatic rings. The highest BCUT2D eigenvalue weighted by Crippen LogP contribution is 2.41. The SMILES string of the molecule is CCCNC(c1ccn(C)n1)C1(OCC)CCCCC1. The first-order valence-electron chi connectivity index (χ1n) is 8.08. The van der Waals surface area contributed by atoms with E-state index in [1.807, 2.05) is 17.9 Å². The van der Waals surface area contributed by atoms with Gasteiger partial charge in [-0.15, -0.1) is 0 Å². The van der Waals surface area contributed by atoms with Crippen LogP contribution < -0.4 is 5.32 Å². The predicted molar refractivity (Wildman–Crippen MR) is 81.7 cm³/mol. The maximum Gasteiger partial charge on any atom is 0.0892 e. The van der Waals surface area contributed by atoms with E-state index >= 15 is 0 Å². The zero-order valence-corrected chi connectivity index (χ0v) is 13.2. The van der Waals surface area contributed by atoms with Crippen LogP contribution in [0.3, 0.4) is 0 Å². The highest BCUT2D eigenvalue weighted by Gasteiger charge is 2.42. The van der Waals surface area contributed by atoms with E-state index in [2.05, 4.69) is 30.3 Å². The zero-order valence-electron chi connectivity index (χ0n) is 13.2. The fourth-order valence-corrected chi connectivity index (χ4v) is 3.39. The minimum Gasteiger partial charge on any atom is -0.373 e. The van der Waals surface area contributed by atoms with E-state index in [9.17, 15) is 0 Å². The molecule has 114 valence electrons. The van der Waals surface area contributed by atoms with Crippen molar-refractivity contribution in [1.29, 1.82) is 0 Å². The largest absolute Gasteiger partial charge is 0.373 e. The highest BCUT2D eigenvalue weighted by atomic mass is 16.5. The molecule has 0 radical (unpaired) electrons. The summed E-state index contributed by atoms with van der Waals surface area (Å²) >= 11 is 0. The maximum absolute atomic E-state index is 6.28. The Morgan fingerprint density at radius 2 is 2.10 bits per heavy atom. The molecule has 1 aliphatic rings. The van der Waals surface area contributed by atoms with Gasteiger partial charge in [-0.2, -0.15) is 5.10 Å². The quantitative estimate of drug-likeness (QED) is 0.833. The van der Waals surface area contributed by atoms with Gasteiger partial charge in [0.05, 0.1) is 17.3 Å². The van der Waals surface area contributed by atoms with Crippen LogP contribution in [0.5, 0.6) is 0 Å². The van der Waals surface area contributed by atoms with Gasteiger partial charge in [0.1, 0.15) is 0 Å². The van der Waals surface area contributed by atoms with Crippen LogP contribution in [-0.4, -0.2) is 28.5 Å². The fraction of sp³-hybridized carbons (Fsp3) is 0.812. The number of aromatic nitrogens is 2. The summed E-state index contributed by atoms with van der Waals surface area (Å²) in [4.78, 5) is 0. The third-order valence-corrected chi connectivity index (χ3v) is 4.29. The summed E-state index contributed by atoms with van der Waals surface area (Å²) in [6.45, 7) is 6.09. The van der Waals surface area contributed by atoms with Gasteiger partial charge in [0.25, 0.3) is 0 Å². The molecule has 1 aromatic heterocycles. The van der Waals surface area contributed by atoms with Gasteiger partial charge in [0, 0.05) is 19.9 Å². The van der Waals surface area contributed by atoms with Crippen molar-refractivity contribution >= 4 is 0 Å². The monoisotopic (exact) mass is 279 g/mol. The standard InChI is InChI=1S/C16H29N3O/c1-4-12-17-15(14-9-13-19(3)18-14)16(20-5-2)10-7-6-8-11-16/h9,13,15,17H,4-8,10-12H2,1-3H3. The summed E-state index contributed by atoms with van der Waals surface area (Å²) in [5, 5.41) is 8.33. The van der Waals surface area contributed by atoms with Crippen LogP contribution in [0.25, 0.3) is 0 Å². The summed E-state index contributed by atoms with van der Waals surface area (Å²) in [7, 11) is 1.98. The van der Waals surface area contributed by atoms with E-state index in [1.54, 1.807) is 0 Å². The van der Waals surface area contributed by atoms with Crippen LogP contribution in [0, 0.1) is 0 Å². The van der Waals surface area contributed by atoms with Crippen molar-refractivity contribution in [3.05, 3.63) is 18.0 Å². The number of nitrogens with one attached hydrogen (secondary N) is 1. The Kier molecular flexibility index (Phi) is 5.61. The number of rotatable bonds is 7. The molecule has 20 heavy (non-hydrogen) atoms. The van der Waals surface area contributed by atoms with Crippen molar-refractivity contribution in [2.45, 2.75) is 64.0 Å². The Bertz CT molecular complexity index is 391. The summed E-state index contributed by atoms with van der Waals surface area (Å²) < 4.78 is 8.17. The molecular weight excluding hydrogens is 250 g/mol. The van der Waals surface area contributed by atoms with E-state index in [0.29, 0.717) is 0 Å². The molecule has 1 fully saturated rings. The first-order valence-corrected chi connectivity index (χ1v) is 8.08. The van der Waals surface area contributed by atoms with Crippen LogP contribution >= 0.6 is 0 Å². The lowest BCUT2D eigenvalue weighted by molar-refractivity contribution is -0.0921. The van der Waals surface area contributed by atoms with Crippen LogP contribution in [-0.2, 0) is 11.8 Å². The fourth-order valence-electron chi connectivity index (χ4n) is 3.39. The number of hydrogen-bond donors (Lipinski definition) is 1. The van der Waals surface area contributed by atoms with Gasteiger partial charge in [-0.1, -0.05) is 26.2 Å². The molecule has 0 bridgehead atoms. The molecule has 4 nitrogen and oxygen atoms in total. The van der Waals surface area contributed by atoms with Crippen LogP contribution in [0.1, 0.15) is 64.1 Å². The van der Waals surface area contributed by atoms with Gasteiger partial charge in [-0.25, -0.2) is 0 Å². The topological polar surface area (TPSA) is 39.1 Å². The molecule has 0 aliphatic heterocycles.